The molecule has 5 heteroatoms. The SMILES string of the molecule is C[C@@H]1CN(C(=O)c2ccc(CN)cc2)C[C@H]1C(=O)O. The minimum absolute atomic E-state index is 0.00948. The fourth-order valence-corrected chi connectivity index (χ4v) is 2.42. The van der Waals surface area contributed by atoms with Crippen molar-refractivity contribution in [3.8, 4) is 0 Å². The Morgan fingerprint density at radius 2 is 1.95 bits per heavy atom. The maximum Gasteiger partial charge on any atom is 0.308 e. The molecule has 0 aliphatic carbocycles. The maximum absolute atomic E-state index is 12.3. The Bertz CT molecular complexity index is 484. The van der Waals surface area contributed by atoms with Crippen LogP contribution in [-0.2, 0) is 11.3 Å². The van der Waals surface area contributed by atoms with Crippen molar-refractivity contribution in [3.63, 3.8) is 0 Å². The van der Waals surface area contributed by atoms with Gasteiger partial charge in [0.1, 0.15) is 0 Å². The third kappa shape index (κ3) is 2.76. The highest BCUT2D eigenvalue weighted by atomic mass is 16.4. The highest BCUT2D eigenvalue weighted by Crippen LogP contribution is 2.24. The van der Waals surface area contributed by atoms with Crippen LogP contribution in [0.2, 0.25) is 0 Å². The summed E-state index contributed by atoms with van der Waals surface area (Å²) in [5, 5.41) is 9.07. The van der Waals surface area contributed by atoms with Crippen molar-refractivity contribution in [2.75, 3.05) is 13.1 Å². The average Bonchev–Trinajstić information content (AvgIpc) is 2.80. The lowest BCUT2D eigenvalue weighted by atomic mass is 9.99. The summed E-state index contributed by atoms with van der Waals surface area (Å²) in [6, 6.07) is 7.12. The molecule has 1 aromatic carbocycles. The average molecular weight is 262 g/mol. The Labute approximate surface area is 112 Å². The minimum atomic E-state index is -0.832. The second-order valence-electron chi connectivity index (χ2n) is 5.03. The van der Waals surface area contributed by atoms with Gasteiger partial charge in [0, 0.05) is 25.2 Å². The molecule has 0 bridgehead atoms. The number of nitrogens with two attached hydrogens (primary N) is 1. The number of rotatable bonds is 3. The number of likely N-dealkylation sites (tertiary alicyclic amines) is 1. The van der Waals surface area contributed by atoms with E-state index in [2.05, 4.69) is 0 Å². The first-order valence-corrected chi connectivity index (χ1v) is 6.34. The third-order valence-electron chi connectivity index (χ3n) is 3.65. The molecule has 5 nitrogen and oxygen atoms in total. The van der Waals surface area contributed by atoms with E-state index in [0.29, 0.717) is 18.7 Å². The fourth-order valence-electron chi connectivity index (χ4n) is 2.42. The van der Waals surface area contributed by atoms with Gasteiger partial charge < -0.3 is 15.7 Å². The van der Waals surface area contributed by atoms with Gasteiger partial charge in [0.2, 0.25) is 0 Å². The zero-order valence-corrected chi connectivity index (χ0v) is 10.9. The van der Waals surface area contributed by atoms with Crippen LogP contribution in [0.15, 0.2) is 24.3 Å². The van der Waals surface area contributed by atoms with Crippen molar-refractivity contribution in [2.24, 2.45) is 17.6 Å². The van der Waals surface area contributed by atoms with E-state index in [0.717, 1.165) is 5.56 Å². The second kappa shape index (κ2) is 5.40. The fraction of sp³-hybridized carbons (Fsp3) is 0.429. The van der Waals surface area contributed by atoms with Crippen molar-refractivity contribution in [3.05, 3.63) is 35.4 Å². The molecule has 1 heterocycles. The van der Waals surface area contributed by atoms with E-state index >= 15 is 0 Å². The van der Waals surface area contributed by atoms with Gasteiger partial charge >= 0.3 is 5.97 Å². The van der Waals surface area contributed by atoms with Crippen LogP contribution in [0.4, 0.5) is 0 Å². The summed E-state index contributed by atoms with van der Waals surface area (Å²) in [4.78, 5) is 24.9. The summed E-state index contributed by atoms with van der Waals surface area (Å²) in [7, 11) is 0. The van der Waals surface area contributed by atoms with E-state index in [4.69, 9.17) is 10.8 Å². The third-order valence-corrected chi connectivity index (χ3v) is 3.65. The highest BCUT2D eigenvalue weighted by Gasteiger charge is 2.37. The number of hydrogen-bond donors (Lipinski definition) is 2. The van der Waals surface area contributed by atoms with Crippen LogP contribution in [0.1, 0.15) is 22.8 Å². The van der Waals surface area contributed by atoms with E-state index in [1.165, 1.54) is 0 Å². The van der Waals surface area contributed by atoms with Crippen LogP contribution in [0.25, 0.3) is 0 Å². The van der Waals surface area contributed by atoms with Crippen molar-refractivity contribution >= 4 is 11.9 Å². The van der Waals surface area contributed by atoms with Crippen molar-refractivity contribution < 1.29 is 14.7 Å². The molecule has 0 unspecified atom stereocenters. The van der Waals surface area contributed by atoms with Gasteiger partial charge in [0.15, 0.2) is 0 Å². The van der Waals surface area contributed by atoms with Gasteiger partial charge in [-0.15, -0.1) is 0 Å². The van der Waals surface area contributed by atoms with Gasteiger partial charge in [-0.1, -0.05) is 19.1 Å². The summed E-state index contributed by atoms with van der Waals surface area (Å²) < 4.78 is 0. The normalized spacial score (nSPS) is 22.5. The van der Waals surface area contributed by atoms with E-state index in [9.17, 15) is 9.59 Å². The van der Waals surface area contributed by atoms with Gasteiger partial charge in [-0.25, -0.2) is 0 Å². The predicted octanol–water partition coefficient (Wildman–Crippen LogP) is 0.938. The molecule has 1 aliphatic rings. The first-order valence-electron chi connectivity index (χ1n) is 6.34. The summed E-state index contributed by atoms with van der Waals surface area (Å²) in [6.45, 7) is 3.09. The van der Waals surface area contributed by atoms with Crippen LogP contribution in [0, 0.1) is 11.8 Å². The summed E-state index contributed by atoms with van der Waals surface area (Å²) in [5.74, 6) is -1.42. The van der Waals surface area contributed by atoms with Crippen molar-refractivity contribution in [1.29, 1.82) is 0 Å². The highest BCUT2D eigenvalue weighted by molar-refractivity contribution is 5.94. The van der Waals surface area contributed by atoms with Crippen LogP contribution < -0.4 is 5.73 Å². The molecule has 0 saturated carbocycles. The molecule has 1 aromatic rings. The number of aliphatic carboxylic acids is 1. The molecule has 3 N–H and O–H groups in total. The van der Waals surface area contributed by atoms with Crippen molar-refractivity contribution in [1.82, 2.24) is 4.90 Å². The Morgan fingerprint density at radius 1 is 1.32 bits per heavy atom. The zero-order chi connectivity index (χ0) is 14.0. The number of nitrogens with zero attached hydrogens (tertiary/aromatic N) is 1. The molecule has 1 saturated heterocycles. The lowest BCUT2D eigenvalue weighted by Gasteiger charge is -2.16. The Morgan fingerprint density at radius 3 is 2.42 bits per heavy atom. The molecule has 0 aromatic heterocycles. The number of carboxylic acids is 1. The van der Waals surface area contributed by atoms with Gasteiger partial charge in [0.25, 0.3) is 5.91 Å². The first-order chi connectivity index (χ1) is 9.02. The molecule has 102 valence electrons. The number of amides is 1. The quantitative estimate of drug-likeness (QED) is 0.849. The van der Waals surface area contributed by atoms with Crippen LogP contribution >= 0.6 is 0 Å². The molecule has 19 heavy (non-hydrogen) atoms. The van der Waals surface area contributed by atoms with Crippen LogP contribution in [0.3, 0.4) is 0 Å². The number of carboxylic acid groups (broad SMARTS) is 1. The van der Waals surface area contributed by atoms with Crippen LogP contribution in [-0.4, -0.2) is 35.0 Å². The lowest BCUT2D eigenvalue weighted by Crippen LogP contribution is -2.29. The monoisotopic (exact) mass is 262 g/mol. The Hall–Kier alpha value is -1.88. The molecule has 2 atom stereocenters. The molecule has 2 rings (SSSR count). The van der Waals surface area contributed by atoms with Gasteiger partial charge in [0.05, 0.1) is 5.92 Å². The summed E-state index contributed by atoms with van der Waals surface area (Å²) in [5.41, 5.74) is 7.05. The van der Waals surface area contributed by atoms with E-state index in [1.54, 1.807) is 17.0 Å². The molecular formula is C14H18N2O3. The van der Waals surface area contributed by atoms with E-state index in [-0.39, 0.29) is 18.4 Å². The van der Waals surface area contributed by atoms with E-state index < -0.39 is 11.9 Å². The number of carbonyl (C=O) groups excluding carboxylic acids is 1. The molecular weight excluding hydrogens is 244 g/mol. The first kappa shape index (κ1) is 13.5. The molecule has 1 amide bonds. The van der Waals surface area contributed by atoms with Crippen molar-refractivity contribution in [2.45, 2.75) is 13.5 Å². The number of benzene rings is 1. The molecule has 0 radical (unpaired) electrons. The number of hydrogen-bond acceptors (Lipinski definition) is 3. The van der Waals surface area contributed by atoms with Gasteiger partial charge in [-0.05, 0) is 23.6 Å². The molecule has 0 spiro atoms. The summed E-state index contributed by atoms with van der Waals surface area (Å²) in [6.07, 6.45) is 0. The standard InChI is InChI=1S/C14H18N2O3/c1-9-7-16(8-12(9)14(18)19)13(17)11-4-2-10(6-15)3-5-11/h2-5,9,12H,6-8,15H2,1H3,(H,18,19)/t9-,12-/m1/s1. The minimum Gasteiger partial charge on any atom is -0.481 e. The van der Waals surface area contributed by atoms with E-state index in [1.807, 2.05) is 19.1 Å². The lowest BCUT2D eigenvalue weighted by molar-refractivity contribution is -0.142. The van der Waals surface area contributed by atoms with Gasteiger partial charge in [-0.2, -0.15) is 0 Å². The van der Waals surface area contributed by atoms with Crippen LogP contribution in [0.5, 0.6) is 0 Å². The van der Waals surface area contributed by atoms with Gasteiger partial charge in [-0.3, -0.25) is 9.59 Å². The molecule has 1 fully saturated rings. The summed E-state index contributed by atoms with van der Waals surface area (Å²) >= 11 is 0. The Kier molecular flexibility index (Phi) is 3.85. The predicted molar refractivity (Wildman–Crippen MR) is 70.5 cm³/mol. The maximum atomic E-state index is 12.3. The zero-order valence-electron chi connectivity index (χ0n) is 10.9. The second-order valence-corrected chi connectivity index (χ2v) is 5.03. The smallest absolute Gasteiger partial charge is 0.308 e. The largest absolute Gasteiger partial charge is 0.481 e. The Balaban J connectivity index is 2.10. The topological polar surface area (TPSA) is 83.6 Å². The molecule has 1 aliphatic heterocycles. The number of carbonyl (C=O) groups is 2.